The van der Waals surface area contributed by atoms with E-state index in [1.165, 1.54) is 11.1 Å². The molecular weight excluding hydrogens is 551 g/mol. The number of halogens is 2. The lowest BCUT2D eigenvalue weighted by molar-refractivity contribution is 0.146. The van der Waals surface area contributed by atoms with E-state index in [1.807, 2.05) is 60.8 Å². The van der Waals surface area contributed by atoms with Crippen molar-refractivity contribution >= 4 is 46.2 Å². The Bertz CT molecular complexity index is 1510. The van der Waals surface area contributed by atoms with E-state index in [9.17, 15) is 0 Å². The average molecular weight is 582 g/mol. The first-order valence-electron chi connectivity index (χ1n) is 12.7. The number of nitrogens with zero attached hydrogens (tertiary/aromatic N) is 3. The van der Waals surface area contributed by atoms with Crippen molar-refractivity contribution in [3.63, 3.8) is 0 Å². The predicted molar refractivity (Wildman–Crippen MR) is 162 cm³/mol. The third-order valence-corrected chi connectivity index (χ3v) is 8.05. The van der Waals surface area contributed by atoms with Crippen LogP contribution in [0, 0.1) is 20.8 Å². The SMILES string of the molecule is COCCOc1ccc(N2C(=S)N[C@@H](c3ccccn3)[C@@H]2c2c(C)c(C)n(-c3cccc(Cl)c3)c2C)cc1Cl. The van der Waals surface area contributed by atoms with E-state index in [4.69, 9.17) is 49.9 Å². The summed E-state index contributed by atoms with van der Waals surface area (Å²) in [5, 5.41) is 5.35. The zero-order valence-electron chi connectivity index (χ0n) is 22.2. The molecule has 0 unspecified atom stereocenters. The fraction of sp³-hybridized carbons (Fsp3) is 0.267. The summed E-state index contributed by atoms with van der Waals surface area (Å²) in [4.78, 5) is 6.84. The van der Waals surface area contributed by atoms with Gasteiger partial charge in [-0.15, -0.1) is 0 Å². The number of aromatic nitrogens is 2. The predicted octanol–water partition coefficient (Wildman–Crippen LogP) is 7.31. The smallest absolute Gasteiger partial charge is 0.174 e. The molecule has 3 heterocycles. The van der Waals surface area contributed by atoms with Gasteiger partial charge in [-0.05, 0) is 87.1 Å². The van der Waals surface area contributed by atoms with Crippen LogP contribution in [0.1, 0.15) is 40.3 Å². The van der Waals surface area contributed by atoms with Crippen LogP contribution in [0.15, 0.2) is 66.9 Å². The largest absolute Gasteiger partial charge is 0.490 e. The van der Waals surface area contributed by atoms with Gasteiger partial charge in [-0.2, -0.15) is 0 Å². The van der Waals surface area contributed by atoms with Crippen molar-refractivity contribution in [2.75, 3.05) is 25.2 Å². The van der Waals surface area contributed by atoms with Gasteiger partial charge in [-0.3, -0.25) is 4.98 Å². The number of anilines is 1. The van der Waals surface area contributed by atoms with Crippen LogP contribution in [-0.2, 0) is 4.74 Å². The van der Waals surface area contributed by atoms with Crippen molar-refractivity contribution in [3.8, 4) is 11.4 Å². The second-order valence-electron chi connectivity index (χ2n) is 9.48. The maximum absolute atomic E-state index is 6.68. The Labute approximate surface area is 244 Å². The number of rotatable bonds is 8. The van der Waals surface area contributed by atoms with E-state index in [0.29, 0.717) is 34.1 Å². The number of nitrogens with one attached hydrogen (secondary N) is 1. The zero-order valence-corrected chi connectivity index (χ0v) is 24.6. The van der Waals surface area contributed by atoms with Crippen molar-refractivity contribution in [1.82, 2.24) is 14.9 Å². The second kappa shape index (κ2) is 11.6. The molecule has 0 spiro atoms. The Kier molecular flexibility index (Phi) is 8.14. The van der Waals surface area contributed by atoms with Gasteiger partial charge in [0.05, 0.1) is 29.4 Å². The lowest BCUT2D eigenvalue weighted by Gasteiger charge is -2.29. The van der Waals surface area contributed by atoms with Gasteiger partial charge in [0.25, 0.3) is 0 Å². The summed E-state index contributed by atoms with van der Waals surface area (Å²) in [6.45, 7) is 7.33. The van der Waals surface area contributed by atoms with E-state index >= 15 is 0 Å². The molecule has 2 aromatic carbocycles. The van der Waals surface area contributed by atoms with E-state index in [2.05, 4.69) is 41.6 Å². The number of ether oxygens (including phenoxy) is 2. The van der Waals surface area contributed by atoms with E-state index < -0.39 is 0 Å². The molecule has 1 fully saturated rings. The summed E-state index contributed by atoms with van der Waals surface area (Å²) < 4.78 is 13.1. The molecule has 2 atom stereocenters. The van der Waals surface area contributed by atoms with Crippen LogP contribution in [0.5, 0.6) is 5.75 Å². The summed E-state index contributed by atoms with van der Waals surface area (Å²) in [5.41, 5.74) is 7.40. The molecule has 0 aliphatic carbocycles. The molecule has 4 aromatic rings. The molecule has 1 aliphatic heterocycles. The number of methoxy groups -OCH3 is 1. The maximum atomic E-state index is 6.68. The Balaban J connectivity index is 1.65. The van der Waals surface area contributed by atoms with Crippen LogP contribution in [0.25, 0.3) is 5.69 Å². The second-order valence-corrected chi connectivity index (χ2v) is 10.7. The molecule has 0 amide bonds. The minimum absolute atomic E-state index is 0.178. The van der Waals surface area contributed by atoms with Gasteiger partial charge < -0.3 is 24.3 Å². The molecule has 2 aromatic heterocycles. The molecule has 202 valence electrons. The molecule has 1 aliphatic rings. The van der Waals surface area contributed by atoms with Crippen molar-refractivity contribution in [3.05, 3.63) is 105 Å². The number of hydrogen-bond donors (Lipinski definition) is 1. The summed E-state index contributed by atoms with van der Waals surface area (Å²) in [6, 6.07) is 19.3. The Morgan fingerprint density at radius 1 is 0.949 bits per heavy atom. The zero-order chi connectivity index (χ0) is 27.7. The van der Waals surface area contributed by atoms with E-state index in [1.54, 1.807) is 7.11 Å². The number of thiocarbonyl (C=S) groups is 1. The fourth-order valence-corrected chi connectivity index (χ4v) is 6.12. The first kappa shape index (κ1) is 27.5. The highest BCUT2D eigenvalue weighted by atomic mass is 35.5. The Hall–Kier alpha value is -3.10. The molecule has 0 saturated carbocycles. The van der Waals surface area contributed by atoms with Crippen molar-refractivity contribution < 1.29 is 9.47 Å². The number of pyridine rings is 1. The lowest BCUT2D eigenvalue weighted by atomic mass is 9.93. The van der Waals surface area contributed by atoms with Gasteiger partial charge in [-0.25, -0.2) is 0 Å². The third-order valence-electron chi connectivity index (χ3n) is 7.21. The first-order valence-corrected chi connectivity index (χ1v) is 13.8. The van der Waals surface area contributed by atoms with E-state index in [-0.39, 0.29) is 12.1 Å². The van der Waals surface area contributed by atoms with Crippen molar-refractivity contribution in [1.29, 1.82) is 0 Å². The van der Waals surface area contributed by atoms with Crippen molar-refractivity contribution in [2.24, 2.45) is 0 Å². The molecule has 0 bridgehead atoms. The minimum Gasteiger partial charge on any atom is -0.490 e. The average Bonchev–Trinajstić information content (AvgIpc) is 3.37. The first-order chi connectivity index (χ1) is 18.8. The van der Waals surface area contributed by atoms with Gasteiger partial charge in [0.1, 0.15) is 12.4 Å². The highest BCUT2D eigenvalue weighted by molar-refractivity contribution is 7.80. The van der Waals surface area contributed by atoms with Crippen LogP contribution in [0.4, 0.5) is 5.69 Å². The maximum Gasteiger partial charge on any atom is 0.174 e. The van der Waals surface area contributed by atoms with Gasteiger partial charge in [0, 0.05) is 46.7 Å². The monoisotopic (exact) mass is 580 g/mol. The standard InChI is InChI=1S/C30H30Cl2N4O2S/c1-18-19(2)35(22-9-7-8-21(31)16-22)20(3)27(18)29-28(25-10-5-6-13-33-25)34-30(39)36(29)23-11-12-26(24(32)17-23)38-15-14-37-4/h5-13,16-17,28-29H,14-15H2,1-4H3,(H,34,39)/t28-,29-/m0/s1. The fourth-order valence-electron chi connectivity index (χ4n) is 5.36. The quantitative estimate of drug-likeness (QED) is 0.174. The summed E-state index contributed by atoms with van der Waals surface area (Å²) in [5.74, 6) is 0.601. The number of benzene rings is 2. The topological polar surface area (TPSA) is 51.6 Å². The van der Waals surface area contributed by atoms with E-state index in [0.717, 1.165) is 28.5 Å². The Morgan fingerprint density at radius 2 is 1.77 bits per heavy atom. The molecule has 6 nitrogen and oxygen atoms in total. The van der Waals surface area contributed by atoms with Crippen LogP contribution in [0.2, 0.25) is 10.0 Å². The van der Waals surface area contributed by atoms with Crippen LogP contribution >= 0.6 is 35.4 Å². The van der Waals surface area contributed by atoms with Crippen LogP contribution in [0.3, 0.4) is 0 Å². The normalized spacial score (nSPS) is 17.0. The summed E-state index contributed by atoms with van der Waals surface area (Å²) in [6.07, 6.45) is 1.81. The van der Waals surface area contributed by atoms with Gasteiger partial charge in [0.15, 0.2) is 5.11 Å². The molecule has 1 N–H and O–H groups in total. The van der Waals surface area contributed by atoms with Gasteiger partial charge >= 0.3 is 0 Å². The Morgan fingerprint density at radius 3 is 2.46 bits per heavy atom. The number of hydrogen-bond acceptors (Lipinski definition) is 4. The van der Waals surface area contributed by atoms with Gasteiger partial charge in [-0.1, -0.05) is 35.3 Å². The molecule has 9 heteroatoms. The molecule has 0 radical (unpaired) electrons. The van der Waals surface area contributed by atoms with Crippen molar-refractivity contribution in [2.45, 2.75) is 32.9 Å². The lowest BCUT2D eigenvalue weighted by Crippen LogP contribution is -2.29. The minimum atomic E-state index is -0.179. The van der Waals surface area contributed by atoms with Crippen LogP contribution in [-0.4, -0.2) is 35.0 Å². The summed E-state index contributed by atoms with van der Waals surface area (Å²) in [7, 11) is 1.64. The summed E-state index contributed by atoms with van der Waals surface area (Å²) >= 11 is 19.0. The molecule has 5 rings (SSSR count). The molecular formula is C30H30Cl2N4O2S. The van der Waals surface area contributed by atoms with Gasteiger partial charge in [0.2, 0.25) is 0 Å². The molecule has 1 saturated heterocycles. The highest BCUT2D eigenvalue weighted by Crippen LogP contribution is 2.46. The highest BCUT2D eigenvalue weighted by Gasteiger charge is 2.43. The third kappa shape index (κ3) is 5.24. The van der Waals surface area contributed by atoms with Crippen LogP contribution < -0.4 is 15.0 Å². The molecule has 39 heavy (non-hydrogen) atoms.